The maximum absolute atomic E-state index is 13.0. The Hall–Kier alpha value is -2.63. The second-order valence-corrected chi connectivity index (χ2v) is 6.89. The first-order chi connectivity index (χ1) is 12.1. The molecule has 1 aliphatic carbocycles. The Labute approximate surface area is 144 Å². The van der Waals surface area contributed by atoms with Gasteiger partial charge in [0.2, 0.25) is 0 Å². The second kappa shape index (κ2) is 6.02. The minimum Gasteiger partial charge on any atom is -0.480 e. The van der Waals surface area contributed by atoms with Gasteiger partial charge in [-0.25, -0.2) is 4.79 Å². The van der Waals surface area contributed by atoms with E-state index in [2.05, 4.69) is 0 Å². The number of carboxylic acids is 1. The van der Waals surface area contributed by atoms with Crippen LogP contribution < -0.4 is 5.43 Å². The maximum Gasteiger partial charge on any atom is 0.326 e. The molecule has 6 heteroatoms. The molecule has 0 spiro atoms. The summed E-state index contributed by atoms with van der Waals surface area (Å²) in [7, 11) is 0. The van der Waals surface area contributed by atoms with Gasteiger partial charge in [0.25, 0.3) is 5.91 Å². The molecule has 6 nitrogen and oxygen atoms in total. The fourth-order valence-electron chi connectivity index (χ4n) is 4.31. The van der Waals surface area contributed by atoms with Gasteiger partial charge in [0.1, 0.15) is 11.6 Å². The Bertz CT molecular complexity index is 902. The molecule has 1 N–H and O–H groups in total. The molecule has 4 rings (SSSR count). The van der Waals surface area contributed by atoms with E-state index in [1.165, 1.54) is 11.0 Å². The molecule has 3 atom stereocenters. The third kappa shape index (κ3) is 2.62. The summed E-state index contributed by atoms with van der Waals surface area (Å²) >= 11 is 0. The van der Waals surface area contributed by atoms with Gasteiger partial charge in [0, 0.05) is 12.1 Å². The highest BCUT2D eigenvalue weighted by atomic mass is 16.4. The van der Waals surface area contributed by atoms with E-state index in [1.807, 2.05) is 0 Å². The number of carbonyl (C=O) groups excluding carboxylic acids is 1. The number of hydrogen-bond donors (Lipinski definition) is 1. The van der Waals surface area contributed by atoms with Crippen molar-refractivity contribution >= 4 is 22.8 Å². The van der Waals surface area contributed by atoms with Crippen molar-refractivity contribution in [3.63, 3.8) is 0 Å². The first kappa shape index (κ1) is 15.9. The van der Waals surface area contributed by atoms with Gasteiger partial charge in [0.05, 0.1) is 5.39 Å². The van der Waals surface area contributed by atoms with Crippen LogP contribution in [-0.4, -0.2) is 34.0 Å². The zero-order chi connectivity index (χ0) is 17.6. The van der Waals surface area contributed by atoms with E-state index < -0.39 is 17.9 Å². The number of benzene rings is 1. The number of carboxylic acid groups (broad SMARTS) is 1. The largest absolute Gasteiger partial charge is 0.480 e. The Kier molecular flexibility index (Phi) is 3.82. The van der Waals surface area contributed by atoms with Crippen LogP contribution >= 0.6 is 0 Å². The molecule has 2 fully saturated rings. The number of fused-ring (bicyclic) bond motifs is 2. The molecule has 25 heavy (non-hydrogen) atoms. The van der Waals surface area contributed by atoms with Gasteiger partial charge in [-0.2, -0.15) is 0 Å². The topological polar surface area (TPSA) is 87.8 Å². The van der Waals surface area contributed by atoms with E-state index in [0.29, 0.717) is 17.4 Å². The first-order valence-corrected chi connectivity index (χ1v) is 8.64. The van der Waals surface area contributed by atoms with Crippen molar-refractivity contribution in [3.05, 3.63) is 46.3 Å². The quantitative estimate of drug-likeness (QED) is 0.907. The SMILES string of the molecule is O=C(O)[C@@H]1C[C@H]2CCCC[C@@H]2N1C(=O)c1cc(=O)c2ccccc2o1. The minimum atomic E-state index is -0.995. The summed E-state index contributed by atoms with van der Waals surface area (Å²) in [5, 5.41) is 9.97. The van der Waals surface area contributed by atoms with Crippen LogP contribution in [0, 0.1) is 5.92 Å². The average molecular weight is 341 g/mol. The highest BCUT2D eigenvalue weighted by Crippen LogP contribution is 2.40. The van der Waals surface area contributed by atoms with Crippen LogP contribution in [-0.2, 0) is 4.79 Å². The lowest BCUT2D eigenvalue weighted by Crippen LogP contribution is -2.46. The van der Waals surface area contributed by atoms with Crippen LogP contribution in [0.4, 0.5) is 0 Å². The molecule has 0 bridgehead atoms. The molecule has 2 aliphatic rings. The smallest absolute Gasteiger partial charge is 0.326 e. The molecule has 1 aliphatic heterocycles. The number of para-hydroxylation sites is 1. The molecule has 1 saturated carbocycles. The molecule has 1 saturated heterocycles. The molecule has 1 aromatic carbocycles. The van der Waals surface area contributed by atoms with Crippen molar-refractivity contribution in [3.8, 4) is 0 Å². The predicted molar refractivity (Wildman–Crippen MR) is 90.4 cm³/mol. The number of likely N-dealkylation sites (tertiary alicyclic amines) is 1. The van der Waals surface area contributed by atoms with Gasteiger partial charge >= 0.3 is 5.97 Å². The van der Waals surface area contributed by atoms with E-state index in [0.717, 1.165) is 25.7 Å². The van der Waals surface area contributed by atoms with Crippen LogP contribution in [0.2, 0.25) is 0 Å². The summed E-state index contributed by atoms with van der Waals surface area (Å²) in [6.45, 7) is 0. The van der Waals surface area contributed by atoms with Crippen molar-refractivity contribution < 1.29 is 19.1 Å². The van der Waals surface area contributed by atoms with Gasteiger partial charge in [-0.3, -0.25) is 9.59 Å². The summed E-state index contributed by atoms with van der Waals surface area (Å²) in [6, 6.07) is 6.98. The number of amides is 1. The third-order valence-corrected chi connectivity index (χ3v) is 5.45. The van der Waals surface area contributed by atoms with E-state index >= 15 is 0 Å². The van der Waals surface area contributed by atoms with Crippen molar-refractivity contribution in [2.45, 2.75) is 44.2 Å². The van der Waals surface area contributed by atoms with Crippen LogP contribution in [0.25, 0.3) is 11.0 Å². The molecule has 0 radical (unpaired) electrons. The van der Waals surface area contributed by atoms with Crippen molar-refractivity contribution in [1.82, 2.24) is 4.90 Å². The Balaban J connectivity index is 1.76. The van der Waals surface area contributed by atoms with E-state index in [4.69, 9.17) is 4.42 Å². The standard InChI is InChI=1S/C19H19NO5/c21-15-10-17(25-16-8-4-2-6-12(15)16)18(22)20-13-7-3-1-5-11(13)9-14(20)19(23)24/h2,4,6,8,10-11,13-14H,1,3,5,7,9H2,(H,23,24)/t11-,13+,14+/m1/s1. The van der Waals surface area contributed by atoms with Gasteiger partial charge in [-0.05, 0) is 37.3 Å². The predicted octanol–water partition coefficient (Wildman–Crippen LogP) is 2.65. The van der Waals surface area contributed by atoms with Crippen molar-refractivity contribution in [2.24, 2.45) is 5.92 Å². The van der Waals surface area contributed by atoms with Crippen molar-refractivity contribution in [2.75, 3.05) is 0 Å². The van der Waals surface area contributed by atoms with Crippen LogP contribution in [0.5, 0.6) is 0 Å². The van der Waals surface area contributed by atoms with Crippen molar-refractivity contribution in [1.29, 1.82) is 0 Å². The van der Waals surface area contributed by atoms with E-state index in [-0.39, 0.29) is 23.1 Å². The molecule has 2 aromatic rings. The van der Waals surface area contributed by atoms with Gasteiger partial charge in [0.15, 0.2) is 11.2 Å². The number of rotatable bonds is 2. The molecule has 1 amide bonds. The molecular weight excluding hydrogens is 322 g/mol. The molecule has 2 heterocycles. The molecule has 1 aromatic heterocycles. The first-order valence-electron chi connectivity index (χ1n) is 8.64. The number of carbonyl (C=O) groups is 2. The molecule has 0 unspecified atom stereocenters. The second-order valence-electron chi connectivity index (χ2n) is 6.89. The van der Waals surface area contributed by atoms with Crippen LogP contribution in [0.1, 0.15) is 42.7 Å². The van der Waals surface area contributed by atoms with Gasteiger partial charge in [-0.15, -0.1) is 0 Å². The van der Waals surface area contributed by atoms with E-state index in [9.17, 15) is 19.5 Å². The summed E-state index contributed by atoms with van der Waals surface area (Å²) in [4.78, 5) is 38.4. The minimum absolute atomic E-state index is 0.0822. The number of hydrogen-bond acceptors (Lipinski definition) is 4. The normalized spacial score (nSPS) is 25.8. The summed E-state index contributed by atoms with van der Waals surface area (Å²) < 4.78 is 5.64. The Morgan fingerprint density at radius 3 is 2.72 bits per heavy atom. The molecule has 130 valence electrons. The monoisotopic (exact) mass is 341 g/mol. The van der Waals surface area contributed by atoms with E-state index in [1.54, 1.807) is 24.3 Å². The Morgan fingerprint density at radius 2 is 1.92 bits per heavy atom. The number of nitrogens with zero attached hydrogens (tertiary/aromatic N) is 1. The Morgan fingerprint density at radius 1 is 1.16 bits per heavy atom. The summed E-state index contributed by atoms with van der Waals surface area (Å²) in [5.74, 6) is -1.36. The fourth-order valence-corrected chi connectivity index (χ4v) is 4.31. The third-order valence-electron chi connectivity index (χ3n) is 5.45. The summed E-state index contributed by atoms with van der Waals surface area (Å²) in [6.07, 6.45) is 4.28. The fraction of sp³-hybridized carbons (Fsp3) is 0.421. The van der Waals surface area contributed by atoms with Gasteiger partial charge < -0.3 is 14.4 Å². The highest BCUT2D eigenvalue weighted by Gasteiger charge is 2.48. The zero-order valence-corrected chi connectivity index (χ0v) is 13.7. The zero-order valence-electron chi connectivity index (χ0n) is 13.7. The van der Waals surface area contributed by atoms with Crippen LogP contribution in [0.3, 0.4) is 0 Å². The number of aliphatic carboxylic acids is 1. The average Bonchev–Trinajstić information content (AvgIpc) is 3.01. The summed E-state index contributed by atoms with van der Waals surface area (Å²) in [5.41, 5.74) is 0.0427. The lowest BCUT2D eigenvalue weighted by atomic mass is 9.84. The maximum atomic E-state index is 13.0. The highest BCUT2D eigenvalue weighted by molar-refractivity contribution is 5.96. The molecular formula is C19H19NO5. The van der Waals surface area contributed by atoms with Gasteiger partial charge in [-0.1, -0.05) is 25.0 Å². The lowest BCUT2D eigenvalue weighted by molar-refractivity contribution is -0.141. The van der Waals surface area contributed by atoms with Crippen LogP contribution in [0.15, 0.2) is 39.5 Å². The lowest BCUT2D eigenvalue weighted by Gasteiger charge is -2.32.